The van der Waals surface area contributed by atoms with Crippen LogP contribution in [0.15, 0.2) is 24.3 Å². The monoisotopic (exact) mass is 249 g/mol. The molecule has 98 valence electrons. The maximum atomic E-state index is 11.8. The summed E-state index contributed by atoms with van der Waals surface area (Å²) in [6.07, 6.45) is 0.551. The van der Waals surface area contributed by atoms with Crippen molar-refractivity contribution < 1.29 is 9.59 Å². The minimum Gasteiger partial charge on any atom is -0.355 e. The fourth-order valence-electron chi connectivity index (χ4n) is 1.28. The molecule has 0 heterocycles. The van der Waals surface area contributed by atoms with Gasteiger partial charge in [-0.1, -0.05) is 6.92 Å². The summed E-state index contributed by atoms with van der Waals surface area (Å²) in [5.74, 6) is -0.400. The highest BCUT2D eigenvalue weighted by Crippen LogP contribution is 2.13. The smallest absolute Gasteiger partial charge is 0.251 e. The van der Waals surface area contributed by atoms with Crippen molar-refractivity contribution in [1.82, 2.24) is 5.32 Å². The molecule has 1 atom stereocenters. The maximum Gasteiger partial charge on any atom is 0.251 e. The molecule has 1 aromatic rings. The minimum atomic E-state index is -0.889. The molecule has 0 radical (unpaired) electrons. The highest BCUT2D eigenvalue weighted by atomic mass is 16.2. The molecule has 0 aliphatic heterocycles. The van der Waals surface area contributed by atoms with Gasteiger partial charge in [0.2, 0.25) is 5.91 Å². The van der Waals surface area contributed by atoms with Gasteiger partial charge >= 0.3 is 0 Å². The van der Waals surface area contributed by atoms with Crippen molar-refractivity contribution in [3.63, 3.8) is 0 Å². The number of anilines is 1. The van der Waals surface area contributed by atoms with Crippen molar-refractivity contribution in [3.8, 4) is 0 Å². The summed E-state index contributed by atoms with van der Waals surface area (Å²) >= 11 is 0. The molecule has 1 aromatic carbocycles. The van der Waals surface area contributed by atoms with E-state index in [1.54, 1.807) is 38.2 Å². The van der Waals surface area contributed by atoms with Gasteiger partial charge in [-0.3, -0.25) is 9.59 Å². The van der Waals surface area contributed by atoms with Gasteiger partial charge in [-0.2, -0.15) is 0 Å². The SMILES string of the molecule is CCC(C)(N)C(=O)Nc1ccc(C(=O)NC)cc1. The van der Waals surface area contributed by atoms with Crippen LogP contribution >= 0.6 is 0 Å². The molecule has 5 nitrogen and oxygen atoms in total. The molecule has 2 amide bonds. The second kappa shape index (κ2) is 5.64. The number of amides is 2. The molecule has 5 heteroatoms. The molecule has 0 spiro atoms. The molecular formula is C13H19N3O2. The number of nitrogens with one attached hydrogen (secondary N) is 2. The number of hydrogen-bond acceptors (Lipinski definition) is 3. The lowest BCUT2D eigenvalue weighted by atomic mass is 9.99. The predicted octanol–water partition coefficient (Wildman–Crippen LogP) is 1.11. The predicted molar refractivity (Wildman–Crippen MR) is 71.3 cm³/mol. The van der Waals surface area contributed by atoms with Crippen LogP contribution in [0.5, 0.6) is 0 Å². The third kappa shape index (κ3) is 3.30. The van der Waals surface area contributed by atoms with E-state index in [2.05, 4.69) is 10.6 Å². The van der Waals surface area contributed by atoms with E-state index < -0.39 is 5.54 Å². The summed E-state index contributed by atoms with van der Waals surface area (Å²) in [7, 11) is 1.57. The molecule has 0 saturated heterocycles. The van der Waals surface area contributed by atoms with E-state index in [0.29, 0.717) is 17.7 Å². The van der Waals surface area contributed by atoms with Crippen LogP contribution in [0, 0.1) is 0 Å². The number of rotatable bonds is 4. The first-order chi connectivity index (χ1) is 8.40. The molecule has 18 heavy (non-hydrogen) atoms. The van der Waals surface area contributed by atoms with E-state index >= 15 is 0 Å². The molecule has 0 aromatic heterocycles. The molecule has 1 rings (SSSR count). The zero-order chi connectivity index (χ0) is 13.8. The molecule has 0 aliphatic carbocycles. The first kappa shape index (κ1) is 14.2. The van der Waals surface area contributed by atoms with Gasteiger partial charge in [0.15, 0.2) is 0 Å². The second-order valence-corrected chi connectivity index (χ2v) is 4.38. The van der Waals surface area contributed by atoms with Gasteiger partial charge in [-0.05, 0) is 37.6 Å². The lowest BCUT2D eigenvalue weighted by Gasteiger charge is -2.21. The van der Waals surface area contributed by atoms with E-state index in [-0.39, 0.29) is 11.8 Å². The Balaban J connectivity index is 2.76. The van der Waals surface area contributed by atoms with Gasteiger partial charge in [0.1, 0.15) is 0 Å². The Labute approximate surface area is 107 Å². The lowest BCUT2D eigenvalue weighted by Crippen LogP contribution is -2.47. The fraction of sp³-hybridized carbons (Fsp3) is 0.385. The topological polar surface area (TPSA) is 84.2 Å². The van der Waals surface area contributed by atoms with Crippen LogP contribution in [-0.2, 0) is 4.79 Å². The average Bonchev–Trinajstić information content (AvgIpc) is 2.38. The van der Waals surface area contributed by atoms with Crippen molar-refractivity contribution in [1.29, 1.82) is 0 Å². The van der Waals surface area contributed by atoms with E-state index in [0.717, 1.165) is 0 Å². The number of carbonyl (C=O) groups is 2. The van der Waals surface area contributed by atoms with Gasteiger partial charge in [-0.15, -0.1) is 0 Å². The fourth-order valence-corrected chi connectivity index (χ4v) is 1.28. The van der Waals surface area contributed by atoms with Crippen molar-refractivity contribution in [2.75, 3.05) is 12.4 Å². The lowest BCUT2D eigenvalue weighted by molar-refractivity contribution is -0.120. The molecule has 4 N–H and O–H groups in total. The first-order valence-corrected chi connectivity index (χ1v) is 5.83. The first-order valence-electron chi connectivity index (χ1n) is 5.83. The Morgan fingerprint density at radius 1 is 1.28 bits per heavy atom. The Bertz CT molecular complexity index is 438. The highest BCUT2D eigenvalue weighted by Gasteiger charge is 2.25. The van der Waals surface area contributed by atoms with Crippen LogP contribution in [0.3, 0.4) is 0 Å². The number of benzene rings is 1. The van der Waals surface area contributed by atoms with Crippen molar-refractivity contribution in [3.05, 3.63) is 29.8 Å². The zero-order valence-corrected chi connectivity index (χ0v) is 10.9. The standard InChI is InChI=1S/C13H19N3O2/c1-4-13(2,14)12(18)16-10-7-5-9(6-8-10)11(17)15-3/h5-8H,4,14H2,1-3H3,(H,15,17)(H,16,18). The molecule has 1 unspecified atom stereocenters. The maximum absolute atomic E-state index is 11.8. The van der Waals surface area contributed by atoms with Crippen LogP contribution in [-0.4, -0.2) is 24.4 Å². The minimum absolute atomic E-state index is 0.162. The third-order valence-electron chi connectivity index (χ3n) is 2.89. The van der Waals surface area contributed by atoms with Gasteiger partial charge in [-0.25, -0.2) is 0 Å². The molecular weight excluding hydrogens is 230 g/mol. The van der Waals surface area contributed by atoms with E-state index in [1.807, 2.05) is 6.92 Å². The third-order valence-corrected chi connectivity index (χ3v) is 2.89. The summed E-state index contributed by atoms with van der Waals surface area (Å²) in [5, 5.41) is 5.25. The van der Waals surface area contributed by atoms with Crippen molar-refractivity contribution in [2.24, 2.45) is 5.73 Å². The van der Waals surface area contributed by atoms with Gasteiger partial charge in [0, 0.05) is 18.3 Å². The second-order valence-electron chi connectivity index (χ2n) is 4.38. The van der Waals surface area contributed by atoms with Crippen molar-refractivity contribution >= 4 is 17.5 Å². The van der Waals surface area contributed by atoms with Gasteiger partial charge in [0.25, 0.3) is 5.91 Å². The van der Waals surface area contributed by atoms with E-state index in [4.69, 9.17) is 5.73 Å². The van der Waals surface area contributed by atoms with Crippen LogP contribution in [0.25, 0.3) is 0 Å². The average molecular weight is 249 g/mol. The number of hydrogen-bond donors (Lipinski definition) is 3. The highest BCUT2D eigenvalue weighted by molar-refractivity contribution is 5.98. The molecule has 0 fully saturated rings. The van der Waals surface area contributed by atoms with E-state index in [9.17, 15) is 9.59 Å². The van der Waals surface area contributed by atoms with Crippen LogP contribution in [0.1, 0.15) is 30.6 Å². The quantitative estimate of drug-likeness (QED) is 0.747. The number of carbonyl (C=O) groups excluding carboxylic acids is 2. The number of nitrogens with two attached hydrogens (primary N) is 1. The van der Waals surface area contributed by atoms with Gasteiger partial charge < -0.3 is 16.4 Å². The van der Waals surface area contributed by atoms with E-state index in [1.165, 1.54) is 0 Å². The van der Waals surface area contributed by atoms with Crippen molar-refractivity contribution in [2.45, 2.75) is 25.8 Å². The Hall–Kier alpha value is -1.88. The molecule has 0 saturated carbocycles. The summed E-state index contributed by atoms with van der Waals surface area (Å²) in [6.45, 7) is 3.54. The zero-order valence-electron chi connectivity index (χ0n) is 10.9. The summed E-state index contributed by atoms with van der Waals surface area (Å²) < 4.78 is 0. The molecule has 0 aliphatic rings. The summed E-state index contributed by atoms with van der Waals surface area (Å²) in [6, 6.07) is 6.64. The Morgan fingerprint density at radius 3 is 2.28 bits per heavy atom. The largest absolute Gasteiger partial charge is 0.355 e. The summed E-state index contributed by atoms with van der Waals surface area (Å²) in [5.41, 5.74) is 6.11. The van der Waals surface area contributed by atoms with Crippen LogP contribution < -0.4 is 16.4 Å². The summed E-state index contributed by atoms with van der Waals surface area (Å²) in [4.78, 5) is 23.2. The molecule has 0 bridgehead atoms. The Morgan fingerprint density at radius 2 is 1.83 bits per heavy atom. The normalized spacial score (nSPS) is 13.6. The van der Waals surface area contributed by atoms with Crippen LogP contribution in [0.2, 0.25) is 0 Å². The van der Waals surface area contributed by atoms with Gasteiger partial charge in [0.05, 0.1) is 5.54 Å². The van der Waals surface area contributed by atoms with Crippen LogP contribution in [0.4, 0.5) is 5.69 Å². The Kier molecular flexibility index (Phi) is 4.44.